The van der Waals surface area contributed by atoms with Crippen LogP contribution >= 0.6 is 11.8 Å². The molecule has 0 saturated carbocycles. The number of methoxy groups -OCH3 is 1. The van der Waals surface area contributed by atoms with E-state index in [-0.39, 0.29) is 17.6 Å². The van der Waals surface area contributed by atoms with Crippen LogP contribution in [0.25, 0.3) is 0 Å². The third-order valence-corrected chi connectivity index (χ3v) is 4.20. The van der Waals surface area contributed by atoms with Gasteiger partial charge < -0.3 is 15.8 Å². The third-order valence-electron chi connectivity index (χ3n) is 3.22. The summed E-state index contributed by atoms with van der Waals surface area (Å²) in [6, 6.07) is 8.62. The number of esters is 1. The molecular formula is C16H22N2O4S. The second kappa shape index (κ2) is 10.0. The van der Waals surface area contributed by atoms with E-state index >= 15 is 0 Å². The van der Waals surface area contributed by atoms with Crippen molar-refractivity contribution < 1.29 is 19.1 Å². The van der Waals surface area contributed by atoms with Gasteiger partial charge in [0, 0.05) is 19.2 Å². The summed E-state index contributed by atoms with van der Waals surface area (Å²) in [4.78, 5) is 35.2. The molecule has 0 saturated heterocycles. The van der Waals surface area contributed by atoms with Crippen molar-refractivity contribution in [1.29, 1.82) is 0 Å². The normalized spacial score (nSPS) is 13.0. The van der Waals surface area contributed by atoms with Gasteiger partial charge in [0.1, 0.15) is 6.04 Å². The molecular weight excluding hydrogens is 316 g/mol. The topological polar surface area (TPSA) is 98.5 Å². The van der Waals surface area contributed by atoms with E-state index in [1.165, 1.54) is 14.0 Å². The summed E-state index contributed by atoms with van der Waals surface area (Å²) >= 11 is 1.09. The van der Waals surface area contributed by atoms with Crippen LogP contribution in [0.1, 0.15) is 12.5 Å². The standard InChI is InChI=1S/C16H22N2O4S/c1-11(19)23-10-13(8-12-6-4-3-5-7-12)15(20)18-14(9-17)16(21)22-2/h3-7,13-14H,8-10,17H2,1-2H3,(H,18,20). The summed E-state index contributed by atoms with van der Waals surface area (Å²) in [7, 11) is 1.24. The average Bonchev–Trinajstić information content (AvgIpc) is 2.56. The summed E-state index contributed by atoms with van der Waals surface area (Å²) < 4.78 is 4.61. The number of hydrogen-bond donors (Lipinski definition) is 2. The Kier molecular flexibility index (Phi) is 8.36. The Bertz CT molecular complexity index is 536. The van der Waals surface area contributed by atoms with Gasteiger partial charge in [-0.05, 0) is 12.0 Å². The quantitative estimate of drug-likeness (QED) is 0.679. The van der Waals surface area contributed by atoms with Crippen LogP contribution in [0.2, 0.25) is 0 Å². The van der Waals surface area contributed by atoms with Gasteiger partial charge in [-0.25, -0.2) is 4.79 Å². The van der Waals surface area contributed by atoms with Crippen molar-refractivity contribution in [1.82, 2.24) is 5.32 Å². The van der Waals surface area contributed by atoms with Crippen molar-refractivity contribution in [2.75, 3.05) is 19.4 Å². The highest BCUT2D eigenvalue weighted by atomic mass is 32.2. The fraction of sp³-hybridized carbons (Fsp3) is 0.438. The maximum Gasteiger partial charge on any atom is 0.329 e. The van der Waals surface area contributed by atoms with Crippen LogP contribution in [0.15, 0.2) is 30.3 Å². The number of benzene rings is 1. The van der Waals surface area contributed by atoms with Gasteiger partial charge in [-0.1, -0.05) is 42.1 Å². The van der Waals surface area contributed by atoms with Crippen LogP contribution in [-0.2, 0) is 25.5 Å². The lowest BCUT2D eigenvalue weighted by Gasteiger charge is -2.20. The SMILES string of the molecule is COC(=O)C(CN)NC(=O)C(CSC(C)=O)Cc1ccccc1. The minimum atomic E-state index is -0.881. The number of thioether (sulfide) groups is 1. The smallest absolute Gasteiger partial charge is 0.329 e. The lowest BCUT2D eigenvalue weighted by Crippen LogP contribution is -2.49. The van der Waals surface area contributed by atoms with Crippen LogP contribution in [0.4, 0.5) is 0 Å². The Labute approximate surface area is 140 Å². The predicted octanol–water partition coefficient (Wildman–Crippen LogP) is 0.742. The molecule has 0 aliphatic carbocycles. The minimum absolute atomic E-state index is 0.0453. The van der Waals surface area contributed by atoms with Crippen LogP contribution < -0.4 is 11.1 Å². The fourth-order valence-electron chi connectivity index (χ4n) is 1.99. The first-order valence-corrected chi connectivity index (χ1v) is 8.22. The highest BCUT2D eigenvalue weighted by Crippen LogP contribution is 2.16. The molecule has 1 rings (SSSR count). The van der Waals surface area contributed by atoms with Crippen molar-refractivity contribution in [3.8, 4) is 0 Å². The zero-order valence-corrected chi connectivity index (χ0v) is 14.1. The Morgan fingerprint density at radius 1 is 1.26 bits per heavy atom. The molecule has 1 aromatic carbocycles. The number of carbonyl (C=O) groups excluding carboxylic acids is 3. The van der Waals surface area contributed by atoms with E-state index < -0.39 is 17.9 Å². The van der Waals surface area contributed by atoms with Crippen molar-refractivity contribution in [3.63, 3.8) is 0 Å². The largest absolute Gasteiger partial charge is 0.467 e. The summed E-state index contributed by atoms with van der Waals surface area (Å²) in [5.41, 5.74) is 6.48. The van der Waals surface area contributed by atoms with E-state index in [1.807, 2.05) is 30.3 Å². The number of ether oxygens (including phenoxy) is 1. The second-order valence-electron chi connectivity index (χ2n) is 5.01. The third kappa shape index (κ3) is 6.83. The molecule has 1 amide bonds. The first-order chi connectivity index (χ1) is 11.0. The maximum absolute atomic E-state index is 12.5. The number of amides is 1. The predicted molar refractivity (Wildman–Crippen MR) is 89.8 cm³/mol. The number of hydrogen-bond acceptors (Lipinski definition) is 6. The minimum Gasteiger partial charge on any atom is -0.467 e. The first kappa shape index (κ1) is 19.2. The Morgan fingerprint density at radius 3 is 2.43 bits per heavy atom. The van der Waals surface area contributed by atoms with Gasteiger partial charge >= 0.3 is 5.97 Å². The van der Waals surface area contributed by atoms with E-state index in [2.05, 4.69) is 10.1 Å². The molecule has 0 radical (unpaired) electrons. The van der Waals surface area contributed by atoms with Crippen LogP contribution in [0, 0.1) is 5.92 Å². The van der Waals surface area contributed by atoms with E-state index in [0.29, 0.717) is 12.2 Å². The molecule has 7 heteroatoms. The van der Waals surface area contributed by atoms with Crippen molar-refractivity contribution >= 4 is 28.8 Å². The molecule has 2 unspecified atom stereocenters. The molecule has 0 spiro atoms. The molecule has 1 aromatic rings. The molecule has 126 valence electrons. The van der Waals surface area contributed by atoms with Gasteiger partial charge in [-0.15, -0.1) is 0 Å². The molecule has 3 N–H and O–H groups in total. The zero-order valence-electron chi connectivity index (χ0n) is 13.3. The molecule has 0 bridgehead atoms. The molecule has 0 aliphatic heterocycles. The molecule has 6 nitrogen and oxygen atoms in total. The van der Waals surface area contributed by atoms with Crippen LogP contribution in [0.3, 0.4) is 0 Å². The summed E-state index contributed by atoms with van der Waals surface area (Å²) in [6.45, 7) is 1.41. The molecule has 0 fully saturated rings. The van der Waals surface area contributed by atoms with Gasteiger partial charge in [0.05, 0.1) is 13.0 Å². The highest BCUT2D eigenvalue weighted by molar-refractivity contribution is 8.13. The van der Waals surface area contributed by atoms with Gasteiger partial charge in [0.2, 0.25) is 5.91 Å². The molecule has 23 heavy (non-hydrogen) atoms. The molecule has 0 heterocycles. The van der Waals surface area contributed by atoms with Crippen molar-refractivity contribution in [3.05, 3.63) is 35.9 Å². The van der Waals surface area contributed by atoms with Crippen molar-refractivity contribution in [2.45, 2.75) is 19.4 Å². The summed E-state index contributed by atoms with van der Waals surface area (Å²) in [5, 5.41) is 2.54. The number of nitrogens with one attached hydrogen (secondary N) is 1. The maximum atomic E-state index is 12.5. The van der Waals surface area contributed by atoms with E-state index in [0.717, 1.165) is 17.3 Å². The number of nitrogens with two attached hydrogens (primary N) is 1. The van der Waals surface area contributed by atoms with E-state index in [9.17, 15) is 14.4 Å². The highest BCUT2D eigenvalue weighted by Gasteiger charge is 2.25. The fourth-order valence-corrected chi connectivity index (χ4v) is 2.69. The van der Waals surface area contributed by atoms with Gasteiger partial charge in [0.25, 0.3) is 0 Å². The van der Waals surface area contributed by atoms with E-state index in [1.54, 1.807) is 0 Å². The Balaban J connectivity index is 2.78. The monoisotopic (exact) mass is 338 g/mol. The number of carbonyl (C=O) groups is 3. The zero-order chi connectivity index (χ0) is 17.2. The lowest BCUT2D eigenvalue weighted by molar-refractivity contribution is -0.145. The van der Waals surface area contributed by atoms with Crippen LogP contribution in [-0.4, -0.2) is 42.4 Å². The van der Waals surface area contributed by atoms with Gasteiger partial charge in [-0.3, -0.25) is 9.59 Å². The van der Waals surface area contributed by atoms with Gasteiger partial charge in [-0.2, -0.15) is 0 Å². The van der Waals surface area contributed by atoms with Gasteiger partial charge in [0.15, 0.2) is 5.12 Å². The van der Waals surface area contributed by atoms with E-state index in [4.69, 9.17) is 5.73 Å². The van der Waals surface area contributed by atoms with Crippen LogP contribution in [0.5, 0.6) is 0 Å². The van der Waals surface area contributed by atoms with Crippen molar-refractivity contribution in [2.24, 2.45) is 11.7 Å². The molecule has 2 atom stereocenters. The lowest BCUT2D eigenvalue weighted by atomic mass is 10.00. The summed E-state index contributed by atoms with van der Waals surface area (Å²) in [5.74, 6) is -0.999. The molecule has 0 aromatic heterocycles. The summed E-state index contributed by atoms with van der Waals surface area (Å²) in [6.07, 6.45) is 0.478. The molecule has 0 aliphatic rings. The Hall–Kier alpha value is -1.86. The second-order valence-corrected chi connectivity index (χ2v) is 6.21. The first-order valence-electron chi connectivity index (χ1n) is 7.23. The number of rotatable bonds is 8. The average molecular weight is 338 g/mol. The Morgan fingerprint density at radius 2 is 1.91 bits per heavy atom.